The minimum atomic E-state index is -1.10. The number of likely N-dealkylation sites (tertiary alicyclic amines) is 1. The number of hydrogen-bond donors (Lipinski definition) is 4. The Kier molecular flexibility index (Phi) is 14.1. The van der Waals surface area contributed by atoms with Crippen molar-refractivity contribution in [3.8, 4) is 0 Å². The highest BCUT2D eigenvalue weighted by molar-refractivity contribution is 6.37. The largest absolute Gasteiger partial charge is 0.380 e. The zero-order valence-corrected chi connectivity index (χ0v) is 28.5. The number of hydrogen-bond acceptors (Lipinski definition) is 6. The van der Waals surface area contributed by atoms with Crippen LogP contribution < -0.4 is 21.7 Å². The summed E-state index contributed by atoms with van der Waals surface area (Å²) in [5.74, 6) is -1.71. The summed E-state index contributed by atoms with van der Waals surface area (Å²) < 4.78 is 5.62. The highest BCUT2D eigenvalue weighted by Gasteiger charge is 2.61. The van der Waals surface area contributed by atoms with E-state index < -0.39 is 52.6 Å². The maximum absolute atomic E-state index is 13.7. The van der Waals surface area contributed by atoms with Gasteiger partial charge in [0.25, 0.3) is 5.91 Å². The van der Waals surface area contributed by atoms with Gasteiger partial charge >= 0.3 is 6.03 Å². The Balaban J connectivity index is 0.00000217. The molecule has 0 aromatic heterocycles. The number of rotatable bonds is 12. The van der Waals surface area contributed by atoms with E-state index in [-0.39, 0.29) is 30.2 Å². The van der Waals surface area contributed by atoms with Crippen molar-refractivity contribution in [2.24, 2.45) is 34.3 Å². The first-order valence-electron chi connectivity index (χ1n) is 15.8. The van der Waals surface area contributed by atoms with Gasteiger partial charge in [0.15, 0.2) is 0 Å². The third kappa shape index (κ3) is 10.8. The maximum Gasteiger partial charge on any atom is 0.315 e. The monoisotopic (exact) mass is 609 g/mol. The molecule has 11 nitrogen and oxygen atoms in total. The molecule has 5 amide bonds. The number of carbonyl (C=O) groups excluding carboxylic acids is 5. The maximum atomic E-state index is 13.7. The van der Waals surface area contributed by atoms with Gasteiger partial charge in [0, 0.05) is 17.5 Å². The molecule has 0 bridgehead atoms. The van der Waals surface area contributed by atoms with Crippen LogP contribution in [0.3, 0.4) is 0 Å². The molecular weight excluding hydrogens is 550 g/mol. The van der Waals surface area contributed by atoms with E-state index in [2.05, 4.69) is 57.5 Å². The van der Waals surface area contributed by atoms with Crippen molar-refractivity contribution in [1.82, 2.24) is 20.9 Å². The molecule has 0 radical (unpaired) electrons. The van der Waals surface area contributed by atoms with Gasteiger partial charge in [-0.25, -0.2) is 4.79 Å². The summed E-state index contributed by atoms with van der Waals surface area (Å²) in [6, 6.07) is -2.43. The van der Waals surface area contributed by atoms with Crippen LogP contribution >= 0.6 is 0 Å². The van der Waals surface area contributed by atoms with Crippen molar-refractivity contribution in [2.45, 2.75) is 119 Å². The molecule has 2 fully saturated rings. The quantitative estimate of drug-likeness (QED) is 0.248. The van der Waals surface area contributed by atoms with Crippen molar-refractivity contribution < 1.29 is 28.7 Å². The van der Waals surface area contributed by atoms with Crippen molar-refractivity contribution in [1.29, 1.82) is 0 Å². The molecule has 2 aliphatic heterocycles. The third-order valence-electron chi connectivity index (χ3n) is 8.37. The Morgan fingerprint density at radius 1 is 1.02 bits per heavy atom. The van der Waals surface area contributed by atoms with Gasteiger partial charge in [-0.05, 0) is 56.8 Å². The Morgan fingerprint density at radius 3 is 2.00 bits per heavy atom. The molecule has 43 heavy (non-hydrogen) atoms. The lowest BCUT2D eigenvalue weighted by molar-refractivity contribution is -0.202. The zero-order valence-electron chi connectivity index (χ0n) is 28.5. The van der Waals surface area contributed by atoms with Gasteiger partial charge in [-0.15, -0.1) is 0 Å². The van der Waals surface area contributed by atoms with Crippen LogP contribution in [0.5, 0.6) is 0 Å². The summed E-state index contributed by atoms with van der Waals surface area (Å²) >= 11 is 0. The van der Waals surface area contributed by atoms with Gasteiger partial charge < -0.3 is 31.3 Å². The molecule has 2 saturated heterocycles. The lowest BCUT2D eigenvalue weighted by Gasteiger charge is -2.55. The van der Waals surface area contributed by atoms with E-state index in [0.717, 1.165) is 18.8 Å². The van der Waals surface area contributed by atoms with Crippen LogP contribution in [0.15, 0.2) is 0 Å². The summed E-state index contributed by atoms with van der Waals surface area (Å²) in [5, 5.41) is 8.10. The van der Waals surface area contributed by atoms with E-state index in [9.17, 15) is 24.0 Å². The fourth-order valence-electron chi connectivity index (χ4n) is 5.97. The summed E-state index contributed by atoms with van der Waals surface area (Å²) in [4.78, 5) is 65.3. The molecule has 0 spiro atoms. The van der Waals surface area contributed by atoms with E-state index in [1.54, 1.807) is 0 Å². The minimum absolute atomic E-state index is 0.0806. The Morgan fingerprint density at radius 2 is 1.58 bits per heavy atom. The average Bonchev–Trinajstić information content (AvgIpc) is 3.17. The second-order valence-electron chi connectivity index (χ2n) is 14.8. The predicted molar refractivity (Wildman–Crippen MR) is 168 cm³/mol. The number of ether oxygens (including phenoxy) is 1. The smallest absolute Gasteiger partial charge is 0.315 e. The van der Waals surface area contributed by atoms with Crippen LogP contribution in [0.25, 0.3) is 0 Å². The number of primary amides is 1. The highest BCUT2D eigenvalue weighted by Crippen LogP contribution is 2.56. The number of nitrogens with zero attached hydrogens (tertiary/aromatic N) is 1. The summed E-state index contributed by atoms with van der Waals surface area (Å²) in [6.45, 7) is 23.3. The van der Waals surface area contributed by atoms with Crippen LogP contribution in [0, 0.1) is 28.6 Å². The number of ketones is 1. The normalized spacial score (nSPS) is 22.5. The molecule has 248 valence electrons. The minimum Gasteiger partial charge on any atom is -0.380 e. The molecule has 2 heterocycles. The van der Waals surface area contributed by atoms with Crippen molar-refractivity contribution in [2.75, 3.05) is 26.3 Å². The second kappa shape index (κ2) is 15.9. The van der Waals surface area contributed by atoms with Crippen LogP contribution in [0.4, 0.5) is 4.79 Å². The highest BCUT2D eigenvalue weighted by atomic mass is 16.5. The van der Waals surface area contributed by atoms with Crippen molar-refractivity contribution in [3.05, 3.63) is 0 Å². The predicted octanol–water partition coefficient (Wildman–Crippen LogP) is 3.39. The standard InChI is InChI=1S/C28H49N5O6.C4H10/c1-9-10-18(4)11-19(22(35)23(29)36)31-24(37)20-12-27(8,28(17(2)3)15-39-16-28)14-33(20)21(34)13-30-25(38)32-26(5,6)7;1-4(2)3/h17-20H,9-16H2,1-8H3,(H2,29,36)(H,31,37)(H2,30,32,38);4H,1-3H3. The van der Waals surface area contributed by atoms with Crippen molar-refractivity contribution in [3.63, 3.8) is 0 Å². The van der Waals surface area contributed by atoms with E-state index in [1.807, 2.05) is 34.6 Å². The summed E-state index contributed by atoms with van der Waals surface area (Å²) in [6.07, 6.45) is 2.36. The van der Waals surface area contributed by atoms with Gasteiger partial charge in [-0.3, -0.25) is 19.2 Å². The lowest BCUT2D eigenvalue weighted by Crippen LogP contribution is -2.58. The number of Topliss-reactive ketones (excluding diaryl/α,β-unsaturated/α-hetero) is 1. The van der Waals surface area contributed by atoms with E-state index >= 15 is 0 Å². The van der Waals surface area contributed by atoms with Gasteiger partial charge in [-0.1, -0.05) is 68.2 Å². The van der Waals surface area contributed by atoms with Gasteiger partial charge in [0.1, 0.15) is 6.04 Å². The first kappa shape index (κ1) is 38.3. The Bertz CT molecular complexity index is 984. The van der Waals surface area contributed by atoms with Crippen LogP contribution in [-0.4, -0.2) is 78.4 Å². The average molecular weight is 610 g/mol. The topological polar surface area (TPSA) is 160 Å². The van der Waals surface area contributed by atoms with Crippen LogP contribution in [0.2, 0.25) is 0 Å². The SMILES string of the molecule is CC(C)C.CCCC(C)CC(NC(=O)C1CC(C)(C2(C(C)C)COC2)CN1C(=O)CNC(=O)NC(C)(C)C)C(=O)C(N)=O. The second-order valence-corrected chi connectivity index (χ2v) is 14.8. The van der Waals surface area contributed by atoms with E-state index in [0.29, 0.717) is 26.2 Å². The molecule has 0 aromatic rings. The number of amides is 5. The van der Waals surface area contributed by atoms with Crippen LogP contribution in [0.1, 0.15) is 102 Å². The molecule has 4 unspecified atom stereocenters. The Labute approximate surface area is 259 Å². The van der Waals surface area contributed by atoms with Gasteiger partial charge in [-0.2, -0.15) is 0 Å². The molecular formula is C32H59N5O6. The molecule has 0 aliphatic carbocycles. The first-order chi connectivity index (χ1) is 19.7. The van der Waals surface area contributed by atoms with Gasteiger partial charge in [0.2, 0.25) is 17.6 Å². The first-order valence-corrected chi connectivity index (χ1v) is 15.8. The van der Waals surface area contributed by atoms with E-state index in [4.69, 9.17) is 10.5 Å². The lowest BCUT2D eigenvalue weighted by atomic mass is 9.56. The number of nitrogens with two attached hydrogens (primary N) is 1. The van der Waals surface area contributed by atoms with Crippen molar-refractivity contribution >= 4 is 29.5 Å². The fraction of sp³-hybridized carbons (Fsp3) is 0.844. The van der Waals surface area contributed by atoms with Crippen LogP contribution in [-0.2, 0) is 23.9 Å². The molecule has 5 N–H and O–H groups in total. The number of carbonyl (C=O) groups is 5. The zero-order chi connectivity index (χ0) is 33.3. The molecule has 4 atom stereocenters. The van der Waals surface area contributed by atoms with E-state index in [1.165, 1.54) is 4.90 Å². The Hall–Kier alpha value is -2.69. The fourth-order valence-corrected chi connectivity index (χ4v) is 5.97. The molecule has 0 saturated carbocycles. The molecule has 11 heteroatoms. The number of nitrogens with one attached hydrogen (secondary N) is 3. The number of urea groups is 1. The molecule has 0 aromatic carbocycles. The summed E-state index contributed by atoms with van der Waals surface area (Å²) in [7, 11) is 0. The molecule has 2 aliphatic rings. The van der Waals surface area contributed by atoms with Gasteiger partial charge in [0.05, 0.1) is 25.8 Å². The summed E-state index contributed by atoms with van der Waals surface area (Å²) in [5.41, 5.74) is 4.15. The third-order valence-corrected chi connectivity index (χ3v) is 8.37. The molecule has 2 rings (SSSR count).